The quantitative estimate of drug-likeness (QED) is 0.596. The van der Waals surface area contributed by atoms with Crippen molar-refractivity contribution in [2.75, 3.05) is 26.8 Å². The Labute approximate surface area is 153 Å². The molecule has 1 aliphatic heterocycles. The van der Waals surface area contributed by atoms with Crippen LogP contribution in [0.1, 0.15) is 38.2 Å². The summed E-state index contributed by atoms with van der Waals surface area (Å²) >= 11 is 0. The molecule has 0 aromatic heterocycles. The van der Waals surface area contributed by atoms with E-state index in [2.05, 4.69) is 11.0 Å². The first-order valence-corrected chi connectivity index (χ1v) is 8.97. The zero-order valence-electron chi connectivity index (χ0n) is 15.2. The molecule has 2 fully saturated rings. The van der Waals surface area contributed by atoms with Gasteiger partial charge in [-0.1, -0.05) is 6.07 Å². The number of hydroxylamine groups is 1. The van der Waals surface area contributed by atoms with E-state index in [9.17, 15) is 10.1 Å². The molecule has 0 atom stereocenters. The number of benzene rings is 1. The minimum Gasteiger partial charge on any atom is -0.493 e. The third kappa shape index (κ3) is 3.00. The van der Waals surface area contributed by atoms with Crippen LogP contribution in [0.15, 0.2) is 18.2 Å². The van der Waals surface area contributed by atoms with Crippen LogP contribution >= 0.6 is 0 Å². The highest BCUT2D eigenvalue weighted by Crippen LogP contribution is 2.47. The van der Waals surface area contributed by atoms with E-state index in [1.165, 1.54) is 0 Å². The fraction of sp³-hybridized carbons (Fsp3) is 0.579. The number of nitrogens with one attached hydrogen (secondary N) is 1. The molecule has 0 bridgehead atoms. The maximum atomic E-state index is 12.0. The highest BCUT2D eigenvalue weighted by Gasteiger charge is 2.56. The molecule has 1 aromatic carbocycles. The Kier molecular flexibility index (Phi) is 5.08. The van der Waals surface area contributed by atoms with Crippen LogP contribution in [0.2, 0.25) is 0 Å². The zero-order valence-corrected chi connectivity index (χ0v) is 15.2. The topological polar surface area (TPSA) is 94.8 Å². The second-order valence-electron chi connectivity index (χ2n) is 6.95. The molecule has 1 heterocycles. The molecule has 0 radical (unpaired) electrons. The number of ether oxygens (including phenoxy) is 2. The Morgan fingerprint density at radius 3 is 2.50 bits per heavy atom. The second-order valence-corrected chi connectivity index (χ2v) is 6.95. The number of likely N-dealkylation sites (tertiary alicyclic amines) is 1. The third-order valence-corrected chi connectivity index (χ3v) is 5.70. The van der Waals surface area contributed by atoms with Crippen LogP contribution in [0, 0.1) is 11.3 Å². The first-order valence-electron chi connectivity index (χ1n) is 8.97. The van der Waals surface area contributed by atoms with Crippen molar-refractivity contribution in [3.05, 3.63) is 23.8 Å². The van der Waals surface area contributed by atoms with Gasteiger partial charge in [-0.05, 0) is 50.3 Å². The lowest BCUT2D eigenvalue weighted by molar-refractivity contribution is -0.137. The first kappa shape index (κ1) is 18.5. The first-order chi connectivity index (χ1) is 12.5. The molecule has 0 spiro atoms. The average molecular weight is 359 g/mol. The smallest absolute Gasteiger partial charge is 0.263 e. The molecular weight excluding hydrogens is 334 g/mol. The van der Waals surface area contributed by atoms with Crippen LogP contribution in [-0.2, 0) is 10.2 Å². The van der Waals surface area contributed by atoms with E-state index in [0.29, 0.717) is 44.0 Å². The van der Waals surface area contributed by atoms with Gasteiger partial charge in [0.15, 0.2) is 11.5 Å². The molecule has 3 rings (SSSR count). The summed E-state index contributed by atoms with van der Waals surface area (Å²) in [5.74, 6) is 0.950. The van der Waals surface area contributed by atoms with E-state index in [1.54, 1.807) is 12.6 Å². The summed E-state index contributed by atoms with van der Waals surface area (Å²) in [4.78, 5) is 14.1. The van der Waals surface area contributed by atoms with Crippen molar-refractivity contribution in [2.45, 2.75) is 43.6 Å². The highest BCUT2D eigenvalue weighted by atomic mass is 16.5. The van der Waals surface area contributed by atoms with Gasteiger partial charge in [0.25, 0.3) is 5.91 Å². The molecule has 7 heteroatoms. The summed E-state index contributed by atoms with van der Waals surface area (Å²) < 4.78 is 11.0. The maximum absolute atomic E-state index is 12.0. The van der Waals surface area contributed by atoms with Crippen molar-refractivity contribution in [1.29, 1.82) is 5.26 Å². The Morgan fingerprint density at radius 1 is 1.31 bits per heavy atom. The van der Waals surface area contributed by atoms with Crippen LogP contribution in [-0.4, -0.2) is 48.4 Å². The van der Waals surface area contributed by atoms with Crippen LogP contribution in [0.3, 0.4) is 0 Å². The van der Waals surface area contributed by atoms with E-state index >= 15 is 0 Å². The van der Waals surface area contributed by atoms with Gasteiger partial charge in [-0.15, -0.1) is 0 Å². The molecular formula is C19H25N3O4. The molecule has 26 heavy (non-hydrogen) atoms. The predicted octanol–water partition coefficient (Wildman–Crippen LogP) is 1.99. The normalized spacial score (nSPS) is 20.7. The molecule has 1 saturated carbocycles. The SMILES string of the molecule is CCOc1cc(C2(C#N)CCN(C3(C(=O)NO)CC3)CC2)ccc1OC. The molecule has 2 aliphatic rings. The molecule has 140 valence electrons. The summed E-state index contributed by atoms with van der Waals surface area (Å²) in [5.41, 5.74) is 1.51. The summed E-state index contributed by atoms with van der Waals surface area (Å²) in [6, 6.07) is 8.17. The number of amides is 1. The molecule has 7 nitrogen and oxygen atoms in total. The number of nitriles is 1. The zero-order chi connectivity index (χ0) is 18.8. The number of piperidine rings is 1. The maximum Gasteiger partial charge on any atom is 0.263 e. The van der Waals surface area contributed by atoms with Crippen molar-refractivity contribution >= 4 is 5.91 Å². The third-order valence-electron chi connectivity index (χ3n) is 5.70. The number of nitrogens with zero attached hydrogens (tertiary/aromatic N) is 2. The Morgan fingerprint density at radius 2 is 2.00 bits per heavy atom. The predicted molar refractivity (Wildman–Crippen MR) is 94.2 cm³/mol. The van der Waals surface area contributed by atoms with E-state index in [0.717, 1.165) is 18.4 Å². The van der Waals surface area contributed by atoms with Crippen LogP contribution in [0.5, 0.6) is 11.5 Å². The van der Waals surface area contributed by atoms with Gasteiger partial charge in [-0.3, -0.25) is 14.9 Å². The Hall–Kier alpha value is -2.30. The van der Waals surface area contributed by atoms with Gasteiger partial charge in [-0.2, -0.15) is 5.26 Å². The monoisotopic (exact) mass is 359 g/mol. The summed E-state index contributed by atoms with van der Waals surface area (Å²) in [6.45, 7) is 3.70. The largest absolute Gasteiger partial charge is 0.493 e. The minimum absolute atomic E-state index is 0.343. The lowest BCUT2D eigenvalue weighted by atomic mass is 9.73. The molecule has 0 unspecified atom stereocenters. The number of hydrogen-bond acceptors (Lipinski definition) is 6. The van der Waals surface area contributed by atoms with E-state index in [-0.39, 0.29) is 5.91 Å². The van der Waals surface area contributed by atoms with Gasteiger partial charge in [0.05, 0.1) is 25.2 Å². The van der Waals surface area contributed by atoms with Gasteiger partial charge in [0.2, 0.25) is 0 Å². The minimum atomic E-state index is -0.611. The summed E-state index contributed by atoms with van der Waals surface area (Å²) in [6.07, 6.45) is 2.75. The fourth-order valence-corrected chi connectivity index (χ4v) is 3.93. The summed E-state index contributed by atoms with van der Waals surface area (Å²) in [5, 5.41) is 18.9. The molecule has 1 saturated heterocycles. The van der Waals surface area contributed by atoms with Crippen LogP contribution in [0.4, 0.5) is 0 Å². The number of rotatable bonds is 6. The molecule has 1 amide bonds. The Balaban J connectivity index is 1.81. The van der Waals surface area contributed by atoms with Gasteiger partial charge in [0.1, 0.15) is 5.54 Å². The van der Waals surface area contributed by atoms with E-state index < -0.39 is 11.0 Å². The van der Waals surface area contributed by atoms with Crippen LogP contribution < -0.4 is 15.0 Å². The second kappa shape index (κ2) is 7.14. The van der Waals surface area contributed by atoms with Crippen molar-refractivity contribution in [1.82, 2.24) is 10.4 Å². The highest BCUT2D eigenvalue weighted by molar-refractivity contribution is 5.88. The molecule has 2 N–H and O–H groups in total. The number of hydrogen-bond donors (Lipinski definition) is 2. The average Bonchev–Trinajstić information content (AvgIpc) is 3.49. The van der Waals surface area contributed by atoms with Crippen molar-refractivity contribution in [3.63, 3.8) is 0 Å². The molecule has 1 aliphatic carbocycles. The van der Waals surface area contributed by atoms with Gasteiger partial charge in [0, 0.05) is 13.1 Å². The van der Waals surface area contributed by atoms with Gasteiger partial charge in [-0.25, -0.2) is 5.48 Å². The molecule has 1 aromatic rings. The van der Waals surface area contributed by atoms with Crippen molar-refractivity contribution in [3.8, 4) is 17.6 Å². The van der Waals surface area contributed by atoms with Gasteiger partial charge < -0.3 is 9.47 Å². The fourth-order valence-electron chi connectivity index (χ4n) is 3.93. The number of carbonyl (C=O) groups is 1. The Bertz CT molecular complexity index is 716. The van der Waals surface area contributed by atoms with Gasteiger partial charge >= 0.3 is 0 Å². The number of carbonyl (C=O) groups excluding carboxylic acids is 1. The van der Waals surface area contributed by atoms with E-state index in [4.69, 9.17) is 14.7 Å². The van der Waals surface area contributed by atoms with Crippen molar-refractivity contribution in [2.24, 2.45) is 0 Å². The van der Waals surface area contributed by atoms with Crippen molar-refractivity contribution < 1.29 is 19.5 Å². The number of methoxy groups -OCH3 is 1. The summed E-state index contributed by atoms with van der Waals surface area (Å²) in [7, 11) is 1.59. The standard InChI is InChI=1S/C19H25N3O4/c1-3-26-16-12-14(4-5-15(16)25-2)18(13-20)8-10-22(11-9-18)19(6-7-19)17(23)21-24/h4-5,12,24H,3,6-11H2,1-2H3,(H,21,23). The lowest BCUT2D eigenvalue weighted by Crippen LogP contribution is -2.53. The van der Waals surface area contributed by atoms with E-state index in [1.807, 2.05) is 25.1 Å². The lowest BCUT2D eigenvalue weighted by Gasteiger charge is -2.41. The van der Waals surface area contributed by atoms with Crippen LogP contribution in [0.25, 0.3) is 0 Å².